The number of carbonyl (C=O) groups excluding carboxylic acids is 2. The van der Waals surface area contributed by atoms with Crippen LogP contribution in [0.3, 0.4) is 0 Å². The van der Waals surface area contributed by atoms with Crippen molar-refractivity contribution in [3.8, 4) is 0 Å². The highest BCUT2D eigenvalue weighted by Crippen LogP contribution is 2.32. The van der Waals surface area contributed by atoms with Gasteiger partial charge in [-0.05, 0) is 68.7 Å². The zero-order valence-electron chi connectivity index (χ0n) is 14.8. The lowest BCUT2D eigenvalue weighted by Gasteiger charge is -2.28. The molecule has 4 N–H and O–H groups in total. The van der Waals surface area contributed by atoms with E-state index >= 15 is 0 Å². The van der Waals surface area contributed by atoms with Crippen LogP contribution in [-0.4, -0.2) is 30.1 Å². The van der Waals surface area contributed by atoms with Gasteiger partial charge in [-0.1, -0.05) is 0 Å². The number of anilines is 2. The maximum atomic E-state index is 12.3. The Labute approximate surface area is 160 Å². The average Bonchev–Trinajstić information content (AvgIpc) is 3.32. The fourth-order valence-corrected chi connectivity index (χ4v) is 4.03. The van der Waals surface area contributed by atoms with Gasteiger partial charge in [-0.25, -0.2) is 4.79 Å². The summed E-state index contributed by atoms with van der Waals surface area (Å²) in [6, 6.07) is 8.68. The van der Waals surface area contributed by atoms with Gasteiger partial charge in [0.05, 0.1) is 0 Å². The molecule has 0 spiro atoms. The van der Waals surface area contributed by atoms with Crippen molar-refractivity contribution < 1.29 is 9.59 Å². The van der Waals surface area contributed by atoms with Crippen LogP contribution in [0.15, 0.2) is 24.3 Å². The van der Waals surface area contributed by atoms with Crippen molar-refractivity contribution in [3.63, 3.8) is 0 Å². The van der Waals surface area contributed by atoms with E-state index in [2.05, 4.69) is 21.3 Å². The van der Waals surface area contributed by atoms with Crippen molar-refractivity contribution >= 4 is 35.7 Å². The van der Waals surface area contributed by atoms with Crippen LogP contribution in [-0.2, 0) is 4.79 Å². The Balaban J connectivity index is 0.00000196. The molecule has 0 radical (unpaired) electrons. The minimum absolute atomic E-state index is 0. The van der Waals surface area contributed by atoms with E-state index in [1.165, 1.54) is 12.8 Å². The molecule has 6 nitrogen and oxygen atoms in total. The lowest BCUT2D eigenvalue weighted by Crippen LogP contribution is -2.39. The molecule has 3 amide bonds. The molecule has 2 atom stereocenters. The van der Waals surface area contributed by atoms with Crippen molar-refractivity contribution in [1.82, 2.24) is 10.6 Å². The van der Waals surface area contributed by atoms with Crippen molar-refractivity contribution in [2.75, 3.05) is 10.6 Å². The van der Waals surface area contributed by atoms with Crippen LogP contribution in [0.25, 0.3) is 0 Å². The second-order valence-electron chi connectivity index (χ2n) is 7.68. The molecule has 2 unspecified atom stereocenters. The van der Waals surface area contributed by atoms with Crippen LogP contribution < -0.4 is 21.3 Å². The molecule has 1 aromatic carbocycles. The summed E-state index contributed by atoms with van der Waals surface area (Å²) in [6.45, 7) is 0. The molecule has 26 heavy (non-hydrogen) atoms. The third kappa shape index (κ3) is 5.11. The predicted molar refractivity (Wildman–Crippen MR) is 105 cm³/mol. The Bertz CT molecular complexity index is 635. The number of piperidine rings is 1. The van der Waals surface area contributed by atoms with Gasteiger partial charge < -0.3 is 21.3 Å². The van der Waals surface area contributed by atoms with Gasteiger partial charge >= 0.3 is 6.03 Å². The number of carbonyl (C=O) groups is 2. The van der Waals surface area contributed by atoms with Gasteiger partial charge in [-0.15, -0.1) is 12.4 Å². The highest BCUT2D eigenvalue weighted by Gasteiger charge is 2.34. The Hall–Kier alpha value is -1.79. The van der Waals surface area contributed by atoms with Crippen LogP contribution in [0.4, 0.5) is 16.2 Å². The van der Waals surface area contributed by atoms with Crippen LogP contribution in [0, 0.1) is 5.92 Å². The fourth-order valence-electron chi connectivity index (χ4n) is 4.03. The van der Waals surface area contributed by atoms with Crippen LogP contribution >= 0.6 is 12.4 Å². The smallest absolute Gasteiger partial charge is 0.319 e. The summed E-state index contributed by atoms with van der Waals surface area (Å²) >= 11 is 0. The van der Waals surface area contributed by atoms with E-state index in [0.29, 0.717) is 30.5 Å². The first-order valence-electron chi connectivity index (χ1n) is 9.37. The van der Waals surface area contributed by atoms with Gasteiger partial charge in [0.2, 0.25) is 5.91 Å². The molecule has 1 saturated carbocycles. The third-order valence-electron chi connectivity index (χ3n) is 5.38. The summed E-state index contributed by atoms with van der Waals surface area (Å²) in [5.41, 5.74) is 1.50. The molecule has 142 valence electrons. The number of amides is 3. The van der Waals surface area contributed by atoms with Gasteiger partial charge in [0, 0.05) is 35.9 Å². The molecule has 1 aromatic rings. The number of urea groups is 1. The summed E-state index contributed by atoms with van der Waals surface area (Å²) in [5.74, 6) is 0.573. The second-order valence-corrected chi connectivity index (χ2v) is 7.68. The van der Waals surface area contributed by atoms with Gasteiger partial charge in [0.25, 0.3) is 0 Å². The number of hydrogen-bond donors (Lipinski definition) is 4. The predicted octanol–water partition coefficient (Wildman–Crippen LogP) is 3.25. The average molecular weight is 379 g/mol. The largest absolute Gasteiger partial charge is 0.335 e. The molecule has 7 heteroatoms. The summed E-state index contributed by atoms with van der Waals surface area (Å²) in [7, 11) is 0. The maximum Gasteiger partial charge on any atom is 0.319 e. The van der Waals surface area contributed by atoms with Crippen LogP contribution in [0.5, 0.6) is 0 Å². The van der Waals surface area contributed by atoms with Gasteiger partial charge in [-0.3, -0.25) is 4.79 Å². The van der Waals surface area contributed by atoms with Crippen molar-refractivity contribution in [3.05, 3.63) is 24.3 Å². The standard InChI is InChI=1S/C19H26N4O2.ClH/c24-18(11-12-9-16-7-8-17(10-12)20-16)21-13-1-3-14(4-2-13)22-19(25)23-15-5-6-15;/h1-4,12,15-17,20H,5-11H2,(H,21,24)(H2,22,23,25);1H. The first kappa shape index (κ1) is 19.0. The lowest BCUT2D eigenvalue weighted by molar-refractivity contribution is -0.117. The van der Waals surface area contributed by atoms with E-state index in [1.807, 2.05) is 24.3 Å². The van der Waals surface area contributed by atoms with Crippen LogP contribution in [0.2, 0.25) is 0 Å². The second kappa shape index (κ2) is 8.27. The topological polar surface area (TPSA) is 82.3 Å². The maximum absolute atomic E-state index is 12.3. The molecule has 1 aliphatic carbocycles. The summed E-state index contributed by atoms with van der Waals surface area (Å²) in [6.07, 6.45) is 7.47. The third-order valence-corrected chi connectivity index (χ3v) is 5.38. The highest BCUT2D eigenvalue weighted by molar-refractivity contribution is 5.92. The molecule has 3 aliphatic rings. The molecule has 0 aromatic heterocycles. The van der Waals surface area contributed by atoms with Crippen molar-refractivity contribution in [2.24, 2.45) is 5.92 Å². The summed E-state index contributed by atoms with van der Waals surface area (Å²) in [4.78, 5) is 24.0. The highest BCUT2D eigenvalue weighted by atomic mass is 35.5. The molecule has 4 rings (SSSR count). The Morgan fingerprint density at radius 2 is 1.50 bits per heavy atom. The van der Waals surface area contributed by atoms with Crippen molar-refractivity contribution in [1.29, 1.82) is 0 Å². The zero-order chi connectivity index (χ0) is 17.2. The molecule has 2 bridgehead atoms. The molecular formula is C19H27ClN4O2. The fraction of sp³-hybridized carbons (Fsp3) is 0.579. The minimum atomic E-state index is -0.167. The number of benzene rings is 1. The summed E-state index contributed by atoms with van der Waals surface area (Å²) in [5, 5.41) is 12.3. The van der Waals surface area contributed by atoms with E-state index in [0.717, 1.165) is 37.1 Å². The normalized spacial score (nSPS) is 26.5. The molecular weight excluding hydrogens is 352 g/mol. The monoisotopic (exact) mass is 378 g/mol. The quantitative estimate of drug-likeness (QED) is 0.634. The van der Waals surface area contributed by atoms with Crippen molar-refractivity contribution in [2.45, 2.75) is 63.1 Å². The number of fused-ring (bicyclic) bond motifs is 2. The lowest BCUT2D eigenvalue weighted by atomic mass is 9.89. The first-order chi connectivity index (χ1) is 12.1. The minimum Gasteiger partial charge on any atom is -0.335 e. The Morgan fingerprint density at radius 3 is 2.08 bits per heavy atom. The number of hydrogen-bond acceptors (Lipinski definition) is 3. The van der Waals surface area contributed by atoms with E-state index in [4.69, 9.17) is 0 Å². The summed E-state index contributed by atoms with van der Waals surface area (Å²) < 4.78 is 0. The number of rotatable bonds is 5. The van der Waals surface area contributed by atoms with E-state index in [9.17, 15) is 9.59 Å². The van der Waals surface area contributed by atoms with Gasteiger partial charge in [0.15, 0.2) is 0 Å². The van der Waals surface area contributed by atoms with E-state index in [-0.39, 0.29) is 24.3 Å². The molecule has 2 heterocycles. The number of nitrogens with one attached hydrogen (secondary N) is 4. The van der Waals surface area contributed by atoms with Gasteiger partial charge in [0.1, 0.15) is 0 Å². The Morgan fingerprint density at radius 1 is 0.923 bits per heavy atom. The van der Waals surface area contributed by atoms with Crippen LogP contribution in [0.1, 0.15) is 44.9 Å². The first-order valence-corrected chi connectivity index (χ1v) is 9.37. The van der Waals surface area contributed by atoms with E-state index in [1.54, 1.807) is 0 Å². The molecule has 2 aliphatic heterocycles. The van der Waals surface area contributed by atoms with E-state index < -0.39 is 0 Å². The SMILES string of the molecule is Cl.O=C(CC1CC2CCC(C1)N2)Nc1ccc(NC(=O)NC2CC2)cc1. The number of halogens is 1. The Kier molecular flexibility index (Phi) is 6.04. The molecule has 2 saturated heterocycles. The van der Waals surface area contributed by atoms with Gasteiger partial charge in [-0.2, -0.15) is 0 Å². The molecule has 3 fully saturated rings. The zero-order valence-corrected chi connectivity index (χ0v) is 15.6.